The zero-order chi connectivity index (χ0) is 18.9. The van der Waals surface area contributed by atoms with E-state index in [9.17, 15) is 0 Å². The fourth-order valence-electron chi connectivity index (χ4n) is 4.73. The van der Waals surface area contributed by atoms with Crippen molar-refractivity contribution in [2.75, 3.05) is 0 Å². The zero-order valence-electron chi connectivity index (χ0n) is 15.7. The number of fused-ring (bicyclic) bond motifs is 2. The zero-order valence-corrected chi connectivity index (χ0v) is 19.7. The molecule has 26 heavy (non-hydrogen) atoms. The minimum absolute atomic E-state index is 0.0372. The molecule has 2 unspecified atom stereocenters. The van der Waals surface area contributed by atoms with E-state index in [0.717, 1.165) is 0 Å². The van der Waals surface area contributed by atoms with Crippen molar-refractivity contribution in [3.8, 4) is 0 Å². The van der Waals surface area contributed by atoms with Crippen molar-refractivity contribution in [1.82, 2.24) is 0 Å². The maximum atomic E-state index is 7.47. The molecule has 4 rings (SSSR count). The van der Waals surface area contributed by atoms with Crippen LogP contribution in [-0.2, 0) is 15.9 Å². The average molecular weight is 463 g/mol. The second-order valence-corrected chi connectivity index (χ2v) is 29.5. The first-order valence-corrected chi connectivity index (χ1v) is 20.0. The van der Waals surface area contributed by atoms with Gasteiger partial charge in [-0.3, -0.25) is 0 Å². The summed E-state index contributed by atoms with van der Waals surface area (Å²) in [6.45, 7) is 8.62. The van der Waals surface area contributed by atoms with Crippen LogP contribution in [0.2, 0.25) is 0 Å². The van der Waals surface area contributed by atoms with Gasteiger partial charge >= 0.3 is 165 Å². The van der Waals surface area contributed by atoms with Crippen LogP contribution < -0.4 is 0 Å². The molecule has 0 saturated heterocycles. The predicted molar refractivity (Wildman–Crippen MR) is 114 cm³/mol. The van der Waals surface area contributed by atoms with Crippen molar-refractivity contribution in [3.63, 3.8) is 0 Å². The van der Waals surface area contributed by atoms with Crippen LogP contribution in [0.15, 0.2) is 36.4 Å². The standard InChI is InChI=1S/2C11H11.CH2.2ClH.Zr/c2*1-8-6-7-9(2)11-5-3-4-10(8)11;;;;/h2*3-7H,1-2H3;1H2;2*1H;/q;;;;;+2/p-2. The summed E-state index contributed by atoms with van der Waals surface area (Å²) in [5.41, 5.74) is 10.2. The summed E-state index contributed by atoms with van der Waals surface area (Å²) in [5.74, 6) is 0. The van der Waals surface area contributed by atoms with Gasteiger partial charge in [0.2, 0.25) is 0 Å². The number of allylic oxidation sites excluding steroid dienone is 2. The predicted octanol–water partition coefficient (Wildman–Crippen LogP) is 7.19. The van der Waals surface area contributed by atoms with Crippen molar-refractivity contribution in [2.45, 2.75) is 34.9 Å². The van der Waals surface area contributed by atoms with Gasteiger partial charge in [-0.05, 0) is 0 Å². The van der Waals surface area contributed by atoms with E-state index in [0.29, 0.717) is 0 Å². The molecule has 0 heterocycles. The number of hydrogen-bond acceptors (Lipinski definition) is 0. The van der Waals surface area contributed by atoms with Crippen LogP contribution in [0.25, 0.3) is 12.2 Å². The van der Waals surface area contributed by atoms with Gasteiger partial charge in [0.1, 0.15) is 0 Å². The van der Waals surface area contributed by atoms with Gasteiger partial charge < -0.3 is 0 Å². The summed E-state index contributed by atoms with van der Waals surface area (Å²) in [5, 5.41) is 0. The van der Waals surface area contributed by atoms with Crippen molar-refractivity contribution in [1.29, 1.82) is 0 Å². The molecule has 0 nitrogen and oxygen atoms in total. The first kappa shape index (κ1) is 18.6. The minimum atomic E-state index is -4.51. The second-order valence-electron chi connectivity index (χ2n) is 8.08. The van der Waals surface area contributed by atoms with E-state index in [1.807, 2.05) is 0 Å². The monoisotopic (exact) mass is 460 g/mol. The molecule has 2 aliphatic carbocycles. The molecular weight excluding hydrogens is 438 g/mol. The van der Waals surface area contributed by atoms with Crippen molar-refractivity contribution in [2.24, 2.45) is 0 Å². The topological polar surface area (TPSA) is 0 Å². The molecule has 0 aliphatic heterocycles. The Kier molecular flexibility index (Phi) is 4.20. The molecular formula is C23H24Cl2Zr. The van der Waals surface area contributed by atoms with Crippen molar-refractivity contribution >= 4 is 33.4 Å². The van der Waals surface area contributed by atoms with Crippen molar-refractivity contribution in [3.05, 3.63) is 80.9 Å². The Morgan fingerprint density at radius 3 is 1.42 bits per heavy atom. The van der Waals surface area contributed by atoms with Crippen LogP contribution in [0.3, 0.4) is 0 Å². The number of aryl methyl sites for hydroxylation is 4. The summed E-state index contributed by atoms with van der Waals surface area (Å²) >= 11 is -4.51. The van der Waals surface area contributed by atoms with E-state index >= 15 is 0 Å². The van der Waals surface area contributed by atoms with Crippen LogP contribution in [0.4, 0.5) is 0 Å². The Labute approximate surface area is 164 Å². The molecule has 0 N–H and O–H groups in total. The molecule has 2 aromatic rings. The van der Waals surface area contributed by atoms with Crippen molar-refractivity contribution < 1.29 is 15.9 Å². The molecule has 0 spiro atoms. The van der Waals surface area contributed by atoms with E-state index in [2.05, 4.69) is 80.5 Å². The molecule has 2 atom stereocenters. The summed E-state index contributed by atoms with van der Waals surface area (Å²) in [4.78, 5) is 0. The van der Waals surface area contributed by atoms with Gasteiger partial charge in [-0.15, -0.1) is 0 Å². The van der Waals surface area contributed by atoms with Crippen LogP contribution in [0.1, 0.15) is 51.8 Å². The molecule has 2 aliphatic rings. The quantitative estimate of drug-likeness (QED) is 0.443. The molecule has 3 heteroatoms. The molecule has 0 fully saturated rings. The Hall–Kier alpha value is -0.747. The Balaban J connectivity index is 1.93. The number of halogens is 2. The number of hydrogen-bond donors (Lipinski definition) is 0. The summed E-state index contributed by atoms with van der Waals surface area (Å²) < 4.78 is 4.72. The summed E-state index contributed by atoms with van der Waals surface area (Å²) in [7, 11) is 14.9. The fraction of sp³-hybridized carbons (Fsp3) is 0.261. The van der Waals surface area contributed by atoms with Crippen LogP contribution in [-0.4, -0.2) is 4.21 Å². The van der Waals surface area contributed by atoms with Gasteiger partial charge in [-0.2, -0.15) is 0 Å². The third-order valence-electron chi connectivity index (χ3n) is 6.25. The Morgan fingerprint density at radius 1 is 0.692 bits per heavy atom. The summed E-state index contributed by atoms with van der Waals surface area (Å²) in [6.07, 6.45) is 8.85. The SMILES string of the molecule is [CH2]=[Zr]([Cl])([Cl])([CH]1C=Cc2c(C)ccc(C)c21)[CH]1C=Cc2c(C)ccc(C)c21. The van der Waals surface area contributed by atoms with Gasteiger partial charge in [0.15, 0.2) is 0 Å². The molecule has 134 valence electrons. The van der Waals surface area contributed by atoms with E-state index in [1.54, 1.807) is 0 Å². The molecule has 0 radical (unpaired) electrons. The average Bonchev–Trinajstić information content (AvgIpc) is 3.20. The molecule has 2 aromatic carbocycles. The van der Waals surface area contributed by atoms with Gasteiger partial charge in [-0.25, -0.2) is 0 Å². The van der Waals surface area contributed by atoms with E-state index in [4.69, 9.17) is 17.0 Å². The van der Waals surface area contributed by atoms with Crippen LogP contribution in [0.5, 0.6) is 0 Å². The normalized spacial score (nSPS) is 21.2. The third-order valence-corrected chi connectivity index (χ3v) is 20.4. The number of benzene rings is 2. The molecule has 0 amide bonds. The van der Waals surface area contributed by atoms with E-state index in [-0.39, 0.29) is 7.25 Å². The maximum absolute atomic E-state index is 7.47. The second kappa shape index (κ2) is 5.87. The molecule has 0 saturated carbocycles. The summed E-state index contributed by atoms with van der Waals surface area (Å²) in [6, 6.07) is 8.71. The first-order valence-electron chi connectivity index (χ1n) is 9.12. The number of rotatable bonds is 2. The van der Waals surface area contributed by atoms with E-state index < -0.39 is 15.9 Å². The van der Waals surface area contributed by atoms with Gasteiger partial charge in [0, 0.05) is 0 Å². The van der Waals surface area contributed by atoms with Gasteiger partial charge in [0.25, 0.3) is 0 Å². The molecule has 0 aromatic heterocycles. The van der Waals surface area contributed by atoms with Gasteiger partial charge in [0.05, 0.1) is 0 Å². The Morgan fingerprint density at radius 2 is 1.04 bits per heavy atom. The fourth-order valence-corrected chi connectivity index (χ4v) is 17.2. The first-order chi connectivity index (χ1) is 12.1. The third kappa shape index (κ3) is 2.55. The molecule has 0 bridgehead atoms. The van der Waals surface area contributed by atoms with E-state index in [1.165, 1.54) is 44.5 Å². The van der Waals surface area contributed by atoms with Crippen LogP contribution in [0, 0.1) is 27.7 Å². The van der Waals surface area contributed by atoms with Gasteiger partial charge in [-0.1, -0.05) is 0 Å². The van der Waals surface area contributed by atoms with Crippen LogP contribution >= 0.6 is 17.0 Å². The Bertz CT molecular complexity index is 987.